The molecule has 0 saturated heterocycles. The summed E-state index contributed by atoms with van der Waals surface area (Å²) >= 11 is 0. The Hall–Kier alpha value is 1.35. The van der Waals surface area contributed by atoms with Crippen molar-refractivity contribution >= 4 is 0 Å². The predicted octanol–water partition coefficient (Wildman–Crippen LogP) is 4.93. The summed E-state index contributed by atoms with van der Waals surface area (Å²) in [6.45, 7) is 4.56. The second kappa shape index (κ2) is 15.8. The molecule has 0 aromatic heterocycles. The van der Waals surface area contributed by atoms with E-state index in [1.165, 1.54) is 64.2 Å². The van der Waals surface area contributed by atoms with Crippen LogP contribution in [0.1, 0.15) is 78.1 Å². The number of unbranched alkanes of at least 4 members (excludes halogenated alkanes) is 9. The number of rotatable bonds is 9. The molecule has 0 fully saturated rings. The summed E-state index contributed by atoms with van der Waals surface area (Å²) < 4.78 is 0. The summed E-state index contributed by atoms with van der Waals surface area (Å²) in [7, 11) is 0. The van der Waals surface area contributed by atoms with E-state index in [9.17, 15) is 0 Å². The van der Waals surface area contributed by atoms with Crippen LogP contribution in [0.4, 0.5) is 0 Å². The molecular weight excluding hydrogens is 288 g/mol. The van der Waals surface area contributed by atoms with E-state index in [0.717, 1.165) is 0 Å². The standard InChI is InChI=1S/C12H26.Nd/c1-3-5-7-9-11-12-10-8-6-4-2;/h3-12H2,1-2H3;. The van der Waals surface area contributed by atoms with Crippen molar-refractivity contribution in [2.45, 2.75) is 78.1 Å². The smallest absolute Gasteiger partial charge is 0 e. The summed E-state index contributed by atoms with van der Waals surface area (Å²) in [6, 6.07) is 0. The molecule has 0 bridgehead atoms. The van der Waals surface area contributed by atoms with Crippen LogP contribution in [0.2, 0.25) is 0 Å². The van der Waals surface area contributed by atoms with Gasteiger partial charge in [0.2, 0.25) is 0 Å². The molecule has 78 valence electrons. The zero-order chi connectivity index (χ0) is 9.07. The van der Waals surface area contributed by atoms with Crippen molar-refractivity contribution in [3.8, 4) is 0 Å². The van der Waals surface area contributed by atoms with Gasteiger partial charge in [-0.2, -0.15) is 0 Å². The van der Waals surface area contributed by atoms with E-state index >= 15 is 0 Å². The Morgan fingerprint density at radius 3 is 0.923 bits per heavy atom. The van der Waals surface area contributed by atoms with Crippen molar-refractivity contribution in [1.29, 1.82) is 0 Å². The number of hydrogen-bond donors (Lipinski definition) is 0. The maximum absolute atomic E-state index is 2.28. The minimum absolute atomic E-state index is 0. The second-order valence-electron chi connectivity index (χ2n) is 3.83. The zero-order valence-corrected chi connectivity index (χ0v) is 12.8. The molecule has 1 heteroatoms. The van der Waals surface area contributed by atoms with Crippen LogP contribution < -0.4 is 0 Å². The molecule has 0 amide bonds. The minimum atomic E-state index is 0. The van der Waals surface area contributed by atoms with E-state index < -0.39 is 0 Å². The van der Waals surface area contributed by atoms with Crippen molar-refractivity contribution in [1.82, 2.24) is 0 Å². The van der Waals surface area contributed by atoms with E-state index in [1.54, 1.807) is 0 Å². The Morgan fingerprint density at radius 2 is 0.692 bits per heavy atom. The van der Waals surface area contributed by atoms with Gasteiger partial charge in [-0.3, -0.25) is 0 Å². The van der Waals surface area contributed by atoms with Gasteiger partial charge in [0.1, 0.15) is 0 Å². The van der Waals surface area contributed by atoms with Crippen LogP contribution in [0, 0.1) is 40.8 Å². The average Bonchev–Trinajstić information content (AvgIpc) is 2.10. The van der Waals surface area contributed by atoms with Gasteiger partial charge in [0.15, 0.2) is 0 Å². The molecule has 0 saturated carbocycles. The van der Waals surface area contributed by atoms with Gasteiger partial charge in [-0.05, 0) is 0 Å². The molecular formula is C12H26Nd. The van der Waals surface area contributed by atoms with Gasteiger partial charge < -0.3 is 0 Å². The van der Waals surface area contributed by atoms with Crippen molar-refractivity contribution in [3.05, 3.63) is 0 Å². The monoisotopic (exact) mass is 312 g/mol. The zero-order valence-electron chi connectivity index (χ0n) is 9.57. The molecule has 0 radical (unpaired) electrons. The minimum Gasteiger partial charge on any atom is -0.0654 e. The quantitative estimate of drug-likeness (QED) is 0.530. The largest absolute Gasteiger partial charge is 0.0654 e. The first-order valence-corrected chi connectivity index (χ1v) is 5.91. The van der Waals surface area contributed by atoms with E-state index in [0.29, 0.717) is 0 Å². The maximum atomic E-state index is 2.28. The summed E-state index contributed by atoms with van der Waals surface area (Å²) in [5.74, 6) is 0. The third kappa shape index (κ3) is 16.1. The van der Waals surface area contributed by atoms with Gasteiger partial charge in [-0.1, -0.05) is 78.1 Å². The molecule has 0 spiro atoms. The van der Waals surface area contributed by atoms with Crippen molar-refractivity contribution < 1.29 is 40.8 Å². The Kier molecular flexibility index (Phi) is 20.4. The van der Waals surface area contributed by atoms with Gasteiger partial charge in [-0.25, -0.2) is 0 Å². The van der Waals surface area contributed by atoms with E-state index in [-0.39, 0.29) is 40.8 Å². The van der Waals surface area contributed by atoms with E-state index in [4.69, 9.17) is 0 Å². The number of hydrogen-bond acceptors (Lipinski definition) is 0. The average molecular weight is 315 g/mol. The van der Waals surface area contributed by atoms with Gasteiger partial charge in [-0.15, -0.1) is 0 Å². The fraction of sp³-hybridized carbons (Fsp3) is 1.00. The van der Waals surface area contributed by atoms with Crippen LogP contribution in [0.15, 0.2) is 0 Å². The Morgan fingerprint density at radius 1 is 0.462 bits per heavy atom. The topological polar surface area (TPSA) is 0 Å². The van der Waals surface area contributed by atoms with Crippen molar-refractivity contribution in [2.75, 3.05) is 0 Å². The van der Waals surface area contributed by atoms with E-state index in [1.807, 2.05) is 0 Å². The third-order valence-electron chi connectivity index (χ3n) is 2.46. The molecule has 0 aliphatic heterocycles. The third-order valence-corrected chi connectivity index (χ3v) is 2.46. The van der Waals surface area contributed by atoms with Crippen LogP contribution in [-0.2, 0) is 0 Å². The van der Waals surface area contributed by atoms with Gasteiger partial charge in [0.05, 0.1) is 0 Å². The summed E-state index contributed by atoms with van der Waals surface area (Å²) in [6.07, 6.45) is 14.4. The second-order valence-corrected chi connectivity index (χ2v) is 3.83. The first-order valence-electron chi connectivity index (χ1n) is 5.91. The Bertz CT molecular complexity index is 61.5. The first kappa shape index (κ1) is 16.8. The Balaban J connectivity index is 0. The van der Waals surface area contributed by atoms with Crippen LogP contribution in [-0.4, -0.2) is 0 Å². The molecule has 0 aliphatic carbocycles. The van der Waals surface area contributed by atoms with E-state index in [2.05, 4.69) is 13.8 Å². The summed E-state index contributed by atoms with van der Waals surface area (Å²) in [5, 5.41) is 0. The van der Waals surface area contributed by atoms with Gasteiger partial charge in [0, 0.05) is 40.8 Å². The van der Waals surface area contributed by atoms with Crippen LogP contribution in [0.25, 0.3) is 0 Å². The molecule has 0 unspecified atom stereocenters. The molecule has 0 aromatic rings. The molecule has 0 aromatic carbocycles. The van der Waals surface area contributed by atoms with Gasteiger partial charge >= 0.3 is 0 Å². The van der Waals surface area contributed by atoms with Crippen molar-refractivity contribution in [2.24, 2.45) is 0 Å². The van der Waals surface area contributed by atoms with Crippen LogP contribution in [0.5, 0.6) is 0 Å². The molecule has 0 heterocycles. The first-order chi connectivity index (χ1) is 5.91. The summed E-state index contributed by atoms with van der Waals surface area (Å²) in [5.41, 5.74) is 0. The van der Waals surface area contributed by atoms with Gasteiger partial charge in [0.25, 0.3) is 0 Å². The Labute approximate surface area is 118 Å². The van der Waals surface area contributed by atoms with Crippen LogP contribution in [0.3, 0.4) is 0 Å². The molecule has 0 atom stereocenters. The maximum Gasteiger partial charge on any atom is 0 e. The normalized spacial score (nSPS) is 9.69. The summed E-state index contributed by atoms with van der Waals surface area (Å²) in [4.78, 5) is 0. The SMILES string of the molecule is CCCCCCCCCCCC.[Nd]. The predicted molar refractivity (Wildman–Crippen MR) is 57.5 cm³/mol. The molecule has 0 rings (SSSR count). The molecule has 0 aliphatic rings. The van der Waals surface area contributed by atoms with Crippen LogP contribution >= 0.6 is 0 Å². The fourth-order valence-corrected chi connectivity index (χ4v) is 1.56. The molecule has 0 nitrogen and oxygen atoms in total. The van der Waals surface area contributed by atoms with Crippen molar-refractivity contribution in [3.63, 3.8) is 0 Å². The molecule has 13 heavy (non-hydrogen) atoms. The fourth-order valence-electron chi connectivity index (χ4n) is 1.56. The molecule has 0 N–H and O–H groups in total.